The van der Waals surface area contributed by atoms with Gasteiger partial charge in [-0.1, -0.05) is 11.2 Å². The fraction of sp³-hybridized carbons (Fsp3) is 0.182. The smallest absolute Gasteiger partial charge is 0.339 e. The quantitative estimate of drug-likeness (QED) is 0.933. The zero-order valence-corrected chi connectivity index (χ0v) is 11.0. The molecule has 0 aliphatic carbocycles. The summed E-state index contributed by atoms with van der Waals surface area (Å²) in [6, 6.07) is 4.78. The molecule has 1 N–H and O–H groups in total. The van der Waals surface area contributed by atoms with E-state index in [0.717, 1.165) is 0 Å². The molecule has 2 rings (SSSR count). The highest BCUT2D eigenvalue weighted by atomic mass is 79.9. The van der Waals surface area contributed by atoms with Crippen molar-refractivity contribution in [3.05, 3.63) is 40.0 Å². The second-order valence-electron chi connectivity index (χ2n) is 3.44. The van der Waals surface area contributed by atoms with Crippen LogP contribution in [0.15, 0.2) is 27.2 Å². The Balaban J connectivity index is 2.20. The van der Waals surface area contributed by atoms with Gasteiger partial charge in [-0.2, -0.15) is 4.98 Å². The molecule has 1 aromatic carbocycles. The van der Waals surface area contributed by atoms with Crippen LogP contribution in [0.1, 0.15) is 22.1 Å². The standard InChI is InChI=1S/C11H9BrN2O4/c1-6-13-9(14-18-6)5-17-10-7(11(15)16)3-2-4-8(10)12/h2-4H,5H2,1H3,(H,15,16). The van der Waals surface area contributed by atoms with Crippen molar-refractivity contribution in [3.8, 4) is 5.75 Å². The normalized spacial score (nSPS) is 10.3. The summed E-state index contributed by atoms with van der Waals surface area (Å²) in [4.78, 5) is 15.0. The Hall–Kier alpha value is -1.89. The lowest BCUT2D eigenvalue weighted by Crippen LogP contribution is -2.05. The van der Waals surface area contributed by atoms with Crippen molar-refractivity contribution in [1.29, 1.82) is 0 Å². The summed E-state index contributed by atoms with van der Waals surface area (Å²) in [6.07, 6.45) is 0. The van der Waals surface area contributed by atoms with E-state index >= 15 is 0 Å². The lowest BCUT2D eigenvalue weighted by molar-refractivity contribution is 0.0691. The predicted molar refractivity (Wildman–Crippen MR) is 64.5 cm³/mol. The molecule has 0 saturated heterocycles. The number of aromatic nitrogens is 2. The van der Waals surface area contributed by atoms with Crippen molar-refractivity contribution in [1.82, 2.24) is 10.1 Å². The van der Waals surface area contributed by atoms with Crippen LogP contribution < -0.4 is 4.74 Å². The third kappa shape index (κ3) is 2.67. The Morgan fingerprint density at radius 2 is 2.33 bits per heavy atom. The van der Waals surface area contributed by atoms with Crippen LogP contribution >= 0.6 is 15.9 Å². The number of hydrogen-bond donors (Lipinski definition) is 1. The molecule has 0 atom stereocenters. The van der Waals surface area contributed by atoms with Crippen LogP contribution in [0.25, 0.3) is 0 Å². The molecule has 0 saturated carbocycles. The van der Waals surface area contributed by atoms with Crippen molar-refractivity contribution in [3.63, 3.8) is 0 Å². The maximum atomic E-state index is 11.0. The van der Waals surface area contributed by atoms with Gasteiger partial charge >= 0.3 is 5.97 Å². The lowest BCUT2D eigenvalue weighted by Gasteiger charge is -2.08. The molecule has 6 nitrogen and oxygen atoms in total. The van der Waals surface area contributed by atoms with E-state index in [2.05, 4.69) is 26.1 Å². The molecule has 0 unspecified atom stereocenters. The first-order chi connectivity index (χ1) is 8.58. The minimum atomic E-state index is -1.06. The van der Waals surface area contributed by atoms with Crippen molar-refractivity contribution in [2.45, 2.75) is 13.5 Å². The molecule has 1 aromatic heterocycles. The van der Waals surface area contributed by atoms with E-state index in [1.807, 2.05) is 0 Å². The summed E-state index contributed by atoms with van der Waals surface area (Å²) < 4.78 is 10.8. The predicted octanol–water partition coefficient (Wildman–Crippen LogP) is 2.42. The van der Waals surface area contributed by atoms with Crippen molar-refractivity contribution < 1.29 is 19.2 Å². The number of carboxylic acid groups (broad SMARTS) is 1. The fourth-order valence-corrected chi connectivity index (χ4v) is 1.84. The Bertz CT molecular complexity index is 582. The lowest BCUT2D eigenvalue weighted by atomic mass is 10.2. The minimum Gasteiger partial charge on any atom is -0.483 e. The van der Waals surface area contributed by atoms with E-state index in [9.17, 15) is 4.79 Å². The molecule has 0 bridgehead atoms. The van der Waals surface area contributed by atoms with Crippen molar-refractivity contribution >= 4 is 21.9 Å². The zero-order valence-electron chi connectivity index (χ0n) is 9.38. The molecule has 0 fully saturated rings. The van der Waals surface area contributed by atoms with E-state index in [-0.39, 0.29) is 17.9 Å². The Kier molecular flexibility index (Phi) is 3.61. The molecule has 0 aliphatic rings. The third-order valence-electron chi connectivity index (χ3n) is 2.11. The van der Waals surface area contributed by atoms with E-state index < -0.39 is 5.97 Å². The molecular weight excluding hydrogens is 304 g/mol. The van der Waals surface area contributed by atoms with Gasteiger partial charge in [0, 0.05) is 6.92 Å². The van der Waals surface area contributed by atoms with Gasteiger partial charge in [-0.05, 0) is 28.1 Å². The Morgan fingerprint density at radius 1 is 1.56 bits per heavy atom. The van der Waals surface area contributed by atoms with Crippen LogP contribution in [0.3, 0.4) is 0 Å². The molecule has 0 aliphatic heterocycles. The number of hydrogen-bond acceptors (Lipinski definition) is 5. The number of rotatable bonds is 4. The number of benzene rings is 1. The number of halogens is 1. The number of carboxylic acids is 1. The first kappa shape index (κ1) is 12.6. The Labute approximate surface area is 111 Å². The summed E-state index contributed by atoms with van der Waals surface area (Å²) >= 11 is 3.24. The summed E-state index contributed by atoms with van der Waals surface area (Å²) in [5.74, 6) is -0.0261. The fourth-order valence-electron chi connectivity index (χ4n) is 1.36. The van der Waals surface area contributed by atoms with Gasteiger partial charge in [0.15, 0.2) is 6.61 Å². The van der Waals surface area contributed by atoms with E-state index in [1.54, 1.807) is 19.1 Å². The van der Waals surface area contributed by atoms with Gasteiger partial charge in [0.05, 0.1) is 4.47 Å². The van der Waals surface area contributed by atoms with Gasteiger partial charge in [-0.3, -0.25) is 0 Å². The van der Waals surface area contributed by atoms with Crippen LogP contribution in [0.4, 0.5) is 0 Å². The van der Waals surface area contributed by atoms with Crippen molar-refractivity contribution in [2.24, 2.45) is 0 Å². The highest BCUT2D eigenvalue weighted by Gasteiger charge is 2.15. The number of aromatic carboxylic acids is 1. The molecule has 1 heterocycles. The number of carbonyl (C=O) groups is 1. The summed E-state index contributed by atoms with van der Waals surface area (Å²) in [7, 11) is 0. The summed E-state index contributed by atoms with van der Waals surface area (Å²) in [6.45, 7) is 1.71. The molecule has 2 aromatic rings. The number of aryl methyl sites for hydroxylation is 1. The largest absolute Gasteiger partial charge is 0.483 e. The molecule has 0 radical (unpaired) electrons. The Morgan fingerprint density at radius 3 is 2.94 bits per heavy atom. The maximum absolute atomic E-state index is 11.0. The molecule has 0 spiro atoms. The van der Waals surface area contributed by atoms with E-state index in [4.69, 9.17) is 14.4 Å². The second kappa shape index (κ2) is 5.18. The molecule has 0 amide bonds. The number of para-hydroxylation sites is 1. The minimum absolute atomic E-state index is 0.0419. The zero-order chi connectivity index (χ0) is 13.1. The average Bonchev–Trinajstić information content (AvgIpc) is 2.73. The highest BCUT2D eigenvalue weighted by molar-refractivity contribution is 9.10. The molecule has 7 heteroatoms. The second-order valence-corrected chi connectivity index (χ2v) is 4.29. The van der Waals surface area contributed by atoms with E-state index in [1.165, 1.54) is 6.07 Å². The molecular formula is C11H9BrN2O4. The third-order valence-corrected chi connectivity index (χ3v) is 2.74. The molecule has 18 heavy (non-hydrogen) atoms. The first-order valence-electron chi connectivity index (χ1n) is 5.01. The van der Waals surface area contributed by atoms with Gasteiger partial charge in [0.25, 0.3) is 0 Å². The maximum Gasteiger partial charge on any atom is 0.339 e. The highest BCUT2D eigenvalue weighted by Crippen LogP contribution is 2.29. The summed E-state index contributed by atoms with van der Waals surface area (Å²) in [5, 5.41) is 12.7. The topological polar surface area (TPSA) is 85.5 Å². The van der Waals surface area contributed by atoms with Crippen molar-refractivity contribution in [2.75, 3.05) is 0 Å². The number of nitrogens with zero attached hydrogens (tertiary/aromatic N) is 2. The monoisotopic (exact) mass is 312 g/mol. The van der Waals surface area contributed by atoms with Crippen LogP contribution in [-0.4, -0.2) is 21.2 Å². The van der Waals surface area contributed by atoms with Crippen LogP contribution in [0, 0.1) is 6.92 Å². The average molecular weight is 313 g/mol. The van der Waals surface area contributed by atoms with Gasteiger partial charge in [-0.15, -0.1) is 0 Å². The van der Waals surface area contributed by atoms with Crippen LogP contribution in [0.2, 0.25) is 0 Å². The SMILES string of the molecule is Cc1nc(COc2c(Br)cccc2C(=O)O)no1. The van der Waals surface area contributed by atoms with Crippen LogP contribution in [0.5, 0.6) is 5.75 Å². The van der Waals surface area contributed by atoms with Crippen LogP contribution in [-0.2, 0) is 6.61 Å². The van der Waals surface area contributed by atoms with E-state index in [0.29, 0.717) is 16.2 Å². The van der Waals surface area contributed by atoms with Gasteiger partial charge in [0.1, 0.15) is 11.3 Å². The van der Waals surface area contributed by atoms with Gasteiger partial charge < -0.3 is 14.4 Å². The summed E-state index contributed by atoms with van der Waals surface area (Å²) in [5.41, 5.74) is 0.0737. The molecule has 94 valence electrons. The number of ether oxygens (including phenoxy) is 1. The van der Waals surface area contributed by atoms with Gasteiger partial charge in [0.2, 0.25) is 11.7 Å². The van der Waals surface area contributed by atoms with Gasteiger partial charge in [-0.25, -0.2) is 4.79 Å². The first-order valence-corrected chi connectivity index (χ1v) is 5.81.